The van der Waals surface area contributed by atoms with Crippen LogP contribution in [-0.4, -0.2) is 12.5 Å². The molecule has 0 fully saturated rings. The Kier molecular flexibility index (Phi) is 11.4. The third-order valence-corrected chi connectivity index (χ3v) is 6.45. The number of hydrogen-bond donors (Lipinski definition) is 6. The van der Waals surface area contributed by atoms with E-state index in [2.05, 4.69) is 25.3 Å². The first kappa shape index (κ1) is 26.0. The van der Waals surface area contributed by atoms with Crippen molar-refractivity contribution in [1.29, 1.82) is 0 Å². The first-order valence-electron chi connectivity index (χ1n) is 7.87. The fraction of sp³-hybridized carbons (Fsp3) is 0.368. The normalized spacial score (nSPS) is 10.0. The Bertz CT molecular complexity index is 748. The minimum Gasteiger partial charge on any atom is -0.398 e. The van der Waals surface area contributed by atoms with Gasteiger partial charge in [-0.25, -0.2) is 0 Å². The van der Waals surface area contributed by atoms with Gasteiger partial charge in [0.05, 0.1) is 22.0 Å². The first-order chi connectivity index (χ1) is 12.2. The number of rotatable bonds is 4. The highest BCUT2D eigenvalue weighted by Gasteiger charge is 2.10. The van der Waals surface area contributed by atoms with Gasteiger partial charge in [-0.15, -0.1) is 23.5 Å². The van der Waals surface area contributed by atoms with Gasteiger partial charge in [0.25, 0.3) is 0 Å². The second-order valence-corrected chi connectivity index (χ2v) is 8.02. The van der Waals surface area contributed by atoms with Crippen LogP contribution < -0.4 is 22.9 Å². The molecule has 0 heterocycles. The van der Waals surface area contributed by atoms with E-state index in [1.54, 1.807) is 23.5 Å². The molecule has 2 rings (SSSR count). The highest BCUT2D eigenvalue weighted by molar-refractivity contribution is 7.99. The molecule has 0 radical (unpaired) electrons. The summed E-state index contributed by atoms with van der Waals surface area (Å²) in [7, 11) is 0. The summed E-state index contributed by atoms with van der Waals surface area (Å²) in [6.45, 7) is 3.93. The summed E-state index contributed by atoms with van der Waals surface area (Å²) in [6, 6.07) is 4.01. The van der Waals surface area contributed by atoms with E-state index in [1.807, 2.05) is 38.5 Å². The lowest BCUT2D eigenvalue weighted by Crippen LogP contribution is -2.01. The summed E-state index contributed by atoms with van der Waals surface area (Å²) in [4.78, 5) is 2.06. The Morgan fingerprint density at radius 1 is 0.778 bits per heavy atom. The lowest BCUT2D eigenvalue weighted by atomic mass is 10.1. The lowest BCUT2D eigenvalue weighted by Gasteiger charge is -2.13. The molecule has 0 bridgehead atoms. The van der Waals surface area contributed by atoms with Crippen LogP contribution in [0.3, 0.4) is 0 Å². The van der Waals surface area contributed by atoms with E-state index in [0.717, 1.165) is 54.8 Å². The quantitative estimate of drug-likeness (QED) is 0.218. The van der Waals surface area contributed by atoms with Crippen LogP contribution in [0.5, 0.6) is 0 Å². The maximum Gasteiger partial charge on any atom is 0.0535 e. The number of thioether (sulfide) groups is 2. The third-order valence-electron chi connectivity index (χ3n) is 4.14. The number of benzene rings is 2. The molecule has 0 aromatic heterocycles. The Hall–Kier alpha value is -0.960. The maximum atomic E-state index is 5.92. The van der Waals surface area contributed by atoms with E-state index in [0.29, 0.717) is 11.5 Å². The van der Waals surface area contributed by atoms with E-state index in [9.17, 15) is 0 Å². The Labute approximate surface area is 183 Å². The van der Waals surface area contributed by atoms with Gasteiger partial charge in [0.1, 0.15) is 0 Å². The second kappa shape index (κ2) is 11.8. The van der Waals surface area contributed by atoms with Gasteiger partial charge in [-0.3, -0.25) is 0 Å². The van der Waals surface area contributed by atoms with Gasteiger partial charge < -0.3 is 22.9 Å². The van der Waals surface area contributed by atoms with Gasteiger partial charge in [0.2, 0.25) is 0 Å². The molecule has 0 aliphatic rings. The molecular formula is C19H32N4S4. The smallest absolute Gasteiger partial charge is 0.0535 e. The van der Waals surface area contributed by atoms with Crippen molar-refractivity contribution in [2.75, 3.05) is 35.4 Å². The molecule has 0 saturated carbocycles. The number of nitrogens with two attached hydrogens (primary N) is 4. The largest absolute Gasteiger partial charge is 0.398 e. The zero-order valence-electron chi connectivity index (χ0n) is 15.6. The van der Waals surface area contributed by atoms with Crippen LogP contribution in [0.2, 0.25) is 0 Å². The minimum absolute atomic E-state index is 0. The SMILES string of the molecule is C.CSc1c(N)c(C)cc(CS)c1N.CSc1cc(CS)c(N)c(C)c1N. The summed E-state index contributed by atoms with van der Waals surface area (Å²) in [5.41, 5.74) is 30.9. The molecule has 0 spiro atoms. The van der Waals surface area contributed by atoms with Gasteiger partial charge in [-0.2, -0.15) is 25.3 Å². The van der Waals surface area contributed by atoms with Crippen molar-refractivity contribution in [3.05, 3.63) is 34.4 Å². The number of anilines is 4. The molecule has 8 heteroatoms. The second-order valence-electron chi connectivity index (χ2n) is 5.72. The van der Waals surface area contributed by atoms with Crippen molar-refractivity contribution >= 4 is 71.5 Å². The molecule has 0 saturated heterocycles. The molecule has 4 nitrogen and oxygen atoms in total. The van der Waals surface area contributed by atoms with Crippen molar-refractivity contribution in [2.24, 2.45) is 0 Å². The minimum atomic E-state index is 0. The predicted molar refractivity (Wildman–Crippen MR) is 136 cm³/mol. The molecular weight excluding hydrogens is 413 g/mol. The van der Waals surface area contributed by atoms with E-state index in [4.69, 9.17) is 22.9 Å². The third kappa shape index (κ3) is 6.01. The molecule has 152 valence electrons. The van der Waals surface area contributed by atoms with Crippen LogP contribution in [0.4, 0.5) is 22.7 Å². The zero-order valence-corrected chi connectivity index (χ0v) is 19.0. The molecule has 0 amide bonds. The van der Waals surface area contributed by atoms with E-state index in [1.165, 1.54) is 0 Å². The van der Waals surface area contributed by atoms with Crippen LogP contribution in [0.25, 0.3) is 0 Å². The van der Waals surface area contributed by atoms with Gasteiger partial charge in [-0.1, -0.05) is 13.5 Å². The molecule has 2 aromatic carbocycles. The van der Waals surface area contributed by atoms with Gasteiger partial charge in [0.15, 0.2) is 0 Å². The highest BCUT2D eigenvalue weighted by Crippen LogP contribution is 2.35. The number of hydrogen-bond acceptors (Lipinski definition) is 8. The molecule has 2 aromatic rings. The monoisotopic (exact) mass is 444 g/mol. The maximum absolute atomic E-state index is 5.92. The predicted octanol–water partition coefficient (Wildman–Crippen LogP) is 5.26. The zero-order chi connectivity index (χ0) is 20.0. The first-order valence-corrected chi connectivity index (χ1v) is 11.6. The van der Waals surface area contributed by atoms with Crippen molar-refractivity contribution < 1.29 is 0 Å². The summed E-state index contributed by atoms with van der Waals surface area (Å²) in [5, 5.41) is 0. The van der Waals surface area contributed by atoms with Crippen molar-refractivity contribution in [2.45, 2.75) is 42.6 Å². The Morgan fingerprint density at radius 3 is 1.74 bits per heavy atom. The molecule has 0 aliphatic carbocycles. The van der Waals surface area contributed by atoms with E-state index >= 15 is 0 Å². The standard InChI is InChI=1S/2C9H14N2S2.CH4/c1-5-8(10)6(4-12)3-7(13-2)9(5)11;1-5-3-6(4-12)8(11)9(13-2)7(5)10;/h2*3,12H,4,10-11H2,1-2H3;1H4. The van der Waals surface area contributed by atoms with Crippen LogP contribution in [0.1, 0.15) is 29.7 Å². The van der Waals surface area contributed by atoms with Crippen LogP contribution in [-0.2, 0) is 11.5 Å². The molecule has 0 atom stereocenters. The fourth-order valence-corrected chi connectivity index (χ4v) is 4.31. The molecule has 8 N–H and O–H groups in total. The van der Waals surface area contributed by atoms with Crippen molar-refractivity contribution in [3.63, 3.8) is 0 Å². The Morgan fingerprint density at radius 2 is 1.30 bits per heavy atom. The van der Waals surface area contributed by atoms with Crippen LogP contribution in [0, 0.1) is 13.8 Å². The van der Waals surface area contributed by atoms with Crippen LogP contribution >= 0.6 is 48.8 Å². The van der Waals surface area contributed by atoms with E-state index in [-0.39, 0.29) is 7.43 Å². The summed E-state index contributed by atoms with van der Waals surface area (Å²) < 4.78 is 0. The van der Waals surface area contributed by atoms with Gasteiger partial charge in [0, 0.05) is 22.1 Å². The molecule has 0 unspecified atom stereocenters. The van der Waals surface area contributed by atoms with Crippen molar-refractivity contribution in [1.82, 2.24) is 0 Å². The summed E-state index contributed by atoms with van der Waals surface area (Å²) >= 11 is 11.6. The number of thiol groups is 2. The fourth-order valence-electron chi connectivity index (χ4n) is 2.42. The van der Waals surface area contributed by atoms with Crippen molar-refractivity contribution in [3.8, 4) is 0 Å². The number of nitrogen functional groups attached to an aromatic ring is 4. The molecule has 27 heavy (non-hydrogen) atoms. The highest BCUT2D eigenvalue weighted by atomic mass is 32.2. The van der Waals surface area contributed by atoms with Gasteiger partial charge in [-0.05, 0) is 54.7 Å². The average Bonchev–Trinajstić information content (AvgIpc) is 2.64. The summed E-state index contributed by atoms with van der Waals surface area (Å²) in [6.07, 6.45) is 3.98. The number of aryl methyl sites for hydroxylation is 1. The lowest BCUT2D eigenvalue weighted by molar-refractivity contribution is 1.29. The topological polar surface area (TPSA) is 104 Å². The van der Waals surface area contributed by atoms with Gasteiger partial charge >= 0.3 is 0 Å². The summed E-state index contributed by atoms with van der Waals surface area (Å²) in [5.74, 6) is 1.31. The molecule has 0 aliphatic heterocycles. The Balaban J connectivity index is 0.000000483. The van der Waals surface area contributed by atoms with E-state index < -0.39 is 0 Å². The van der Waals surface area contributed by atoms with Crippen LogP contribution in [0.15, 0.2) is 21.9 Å². The average molecular weight is 445 g/mol.